The highest BCUT2D eigenvalue weighted by Crippen LogP contribution is 2.15. The molecule has 7 heteroatoms. The molecule has 0 spiro atoms. The summed E-state index contributed by atoms with van der Waals surface area (Å²) in [5.74, 6) is 1.07. The summed E-state index contributed by atoms with van der Waals surface area (Å²) in [7, 11) is 0. The van der Waals surface area contributed by atoms with Crippen molar-refractivity contribution in [2.45, 2.75) is 31.0 Å². The van der Waals surface area contributed by atoms with Gasteiger partial charge >= 0.3 is 0 Å². The molecule has 0 unspecified atom stereocenters. The minimum Gasteiger partial charge on any atom is -0.329 e. The van der Waals surface area contributed by atoms with Crippen LogP contribution in [0.2, 0.25) is 0 Å². The van der Waals surface area contributed by atoms with Crippen molar-refractivity contribution in [2.24, 2.45) is 5.73 Å². The predicted molar refractivity (Wildman–Crippen MR) is 67.9 cm³/mol. The third-order valence-electron chi connectivity index (χ3n) is 2.89. The molecule has 0 aromatic carbocycles. The average molecular weight is 256 g/mol. The highest BCUT2D eigenvalue weighted by atomic mass is 32.2. The first kappa shape index (κ1) is 12.8. The van der Waals surface area contributed by atoms with Crippen LogP contribution < -0.4 is 5.73 Å². The number of thioether (sulfide) groups is 1. The summed E-state index contributed by atoms with van der Waals surface area (Å²) >= 11 is 1.72. The molecular formula is C10H20N6S. The quantitative estimate of drug-likeness (QED) is 0.555. The van der Waals surface area contributed by atoms with Gasteiger partial charge in [0.1, 0.15) is 0 Å². The van der Waals surface area contributed by atoms with Crippen LogP contribution in [0.25, 0.3) is 0 Å². The van der Waals surface area contributed by atoms with Crippen molar-refractivity contribution in [3.05, 3.63) is 0 Å². The maximum atomic E-state index is 5.49. The lowest BCUT2D eigenvalue weighted by Crippen LogP contribution is -2.20. The van der Waals surface area contributed by atoms with Crippen LogP contribution in [0.1, 0.15) is 19.3 Å². The monoisotopic (exact) mass is 256 g/mol. The predicted octanol–water partition coefficient (Wildman–Crippen LogP) is 0.210. The zero-order valence-corrected chi connectivity index (χ0v) is 10.9. The van der Waals surface area contributed by atoms with Crippen LogP contribution in [0.15, 0.2) is 5.16 Å². The molecule has 1 aliphatic heterocycles. The van der Waals surface area contributed by atoms with E-state index in [1.165, 1.54) is 38.9 Å². The fourth-order valence-electron chi connectivity index (χ4n) is 2.02. The molecule has 1 aromatic heterocycles. The molecule has 2 N–H and O–H groups in total. The lowest BCUT2D eigenvalue weighted by Gasteiger charge is -2.13. The topological polar surface area (TPSA) is 72.9 Å². The summed E-state index contributed by atoms with van der Waals surface area (Å²) < 4.78 is 1.78. The summed E-state index contributed by atoms with van der Waals surface area (Å²) in [5.41, 5.74) is 5.49. The van der Waals surface area contributed by atoms with Gasteiger partial charge < -0.3 is 10.6 Å². The maximum Gasteiger partial charge on any atom is 0.209 e. The van der Waals surface area contributed by atoms with Crippen LogP contribution in [0.5, 0.6) is 0 Å². The number of tetrazole rings is 1. The number of hydrogen-bond donors (Lipinski definition) is 1. The van der Waals surface area contributed by atoms with Crippen molar-refractivity contribution in [3.8, 4) is 0 Å². The van der Waals surface area contributed by atoms with E-state index >= 15 is 0 Å². The van der Waals surface area contributed by atoms with E-state index in [0.29, 0.717) is 13.1 Å². The zero-order valence-electron chi connectivity index (χ0n) is 10.1. The van der Waals surface area contributed by atoms with Crippen LogP contribution >= 0.6 is 11.8 Å². The molecular weight excluding hydrogens is 236 g/mol. The Morgan fingerprint density at radius 2 is 2.06 bits per heavy atom. The Kier molecular flexibility index (Phi) is 5.21. The number of likely N-dealkylation sites (tertiary alicyclic amines) is 1. The van der Waals surface area contributed by atoms with Crippen molar-refractivity contribution in [1.82, 2.24) is 25.1 Å². The lowest BCUT2D eigenvalue weighted by molar-refractivity contribution is 0.341. The third kappa shape index (κ3) is 3.93. The van der Waals surface area contributed by atoms with Gasteiger partial charge in [0.15, 0.2) is 0 Å². The highest BCUT2D eigenvalue weighted by Gasteiger charge is 2.11. The van der Waals surface area contributed by atoms with Gasteiger partial charge in [-0.1, -0.05) is 11.8 Å². The summed E-state index contributed by atoms with van der Waals surface area (Å²) in [6.07, 6.45) is 3.92. The van der Waals surface area contributed by atoms with Gasteiger partial charge in [-0.05, 0) is 49.3 Å². The minimum absolute atomic E-state index is 0.576. The Morgan fingerprint density at radius 1 is 1.24 bits per heavy atom. The van der Waals surface area contributed by atoms with E-state index in [-0.39, 0.29) is 0 Å². The Hall–Kier alpha value is -0.660. The Balaban J connectivity index is 1.65. The number of rotatable bonds is 7. The fraction of sp³-hybridized carbons (Fsp3) is 0.900. The zero-order chi connectivity index (χ0) is 11.9. The van der Waals surface area contributed by atoms with Crippen molar-refractivity contribution < 1.29 is 0 Å². The van der Waals surface area contributed by atoms with Crippen LogP contribution in [0.4, 0.5) is 0 Å². The van der Waals surface area contributed by atoms with E-state index in [9.17, 15) is 0 Å². The summed E-state index contributed by atoms with van der Waals surface area (Å²) in [5, 5.41) is 12.5. The van der Waals surface area contributed by atoms with Gasteiger partial charge in [-0.25, -0.2) is 4.68 Å². The molecule has 17 heavy (non-hydrogen) atoms. The molecule has 0 aliphatic carbocycles. The first-order chi connectivity index (χ1) is 8.40. The minimum atomic E-state index is 0.576. The molecule has 2 rings (SSSR count). The van der Waals surface area contributed by atoms with E-state index in [1.807, 2.05) is 0 Å². The van der Waals surface area contributed by atoms with Crippen LogP contribution in [0.3, 0.4) is 0 Å². The molecule has 6 nitrogen and oxygen atoms in total. The Morgan fingerprint density at radius 3 is 2.82 bits per heavy atom. The number of aromatic nitrogens is 4. The SMILES string of the molecule is NCCn1nnnc1SCCCN1CCCC1. The smallest absolute Gasteiger partial charge is 0.209 e. The number of nitrogens with zero attached hydrogens (tertiary/aromatic N) is 5. The van der Waals surface area contributed by atoms with Gasteiger partial charge in [0.2, 0.25) is 5.16 Å². The molecule has 0 amide bonds. The molecule has 96 valence electrons. The van der Waals surface area contributed by atoms with Gasteiger partial charge in [0, 0.05) is 12.3 Å². The van der Waals surface area contributed by atoms with Crippen LogP contribution in [0, 0.1) is 0 Å². The van der Waals surface area contributed by atoms with E-state index in [1.54, 1.807) is 16.4 Å². The Labute approximate surface area is 106 Å². The van der Waals surface area contributed by atoms with Crippen molar-refractivity contribution in [2.75, 3.05) is 31.9 Å². The van der Waals surface area contributed by atoms with E-state index in [2.05, 4.69) is 20.4 Å². The summed E-state index contributed by atoms with van der Waals surface area (Å²) in [6, 6.07) is 0. The summed E-state index contributed by atoms with van der Waals surface area (Å²) in [4.78, 5) is 2.53. The molecule has 0 saturated carbocycles. The van der Waals surface area contributed by atoms with Gasteiger partial charge in [-0.2, -0.15) is 0 Å². The van der Waals surface area contributed by atoms with Crippen LogP contribution in [-0.4, -0.2) is 57.0 Å². The molecule has 2 heterocycles. The largest absolute Gasteiger partial charge is 0.329 e. The molecule has 1 aromatic rings. The second kappa shape index (κ2) is 6.93. The first-order valence-corrected chi connectivity index (χ1v) is 7.20. The second-order valence-electron chi connectivity index (χ2n) is 4.22. The number of hydrogen-bond acceptors (Lipinski definition) is 6. The first-order valence-electron chi connectivity index (χ1n) is 6.21. The average Bonchev–Trinajstić information content (AvgIpc) is 2.96. The molecule has 0 radical (unpaired) electrons. The van der Waals surface area contributed by atoms with Crippen molar-refractivity contribution in [3.63, 3.8) is 0 Å². The molecule has 0 bridgehead atoms. The molecule has 1 fully saturated rings. The normalized spacial score (nSPS) is 16.8. The van der Waals surface area contributed by atoms with Gasteiger partial charge in [0.25, 0.3) is 0 Å². The van der Waals surface area contributed by atoms with E-state index in [4.69, 9.17) is 5.73 Å². The van der Waals surface area contributed by atoms with Crippen LogP contribution in [-0.2, 0) is 6.54 Å². The van der Waals surface area contributed by atoms with Crippen molar-refractivity contribution in [1.29, 1.82) is 0 Å². The standard InChI is InChI=1S/C10H20N6S/c11-4-8-16-10(12-13-14-16)17-9-3-7-15-5-1-2-6-15/h1-9,11H2. The van der Waals surface area contributed by atoms with E-state index in [0.717, 1.165) is 10.9 Å². The highest BCUT2D eigenvalue weighted by molar-refractivity contribution is 7.99. The third-order valence-corrected chi connectivity index (χ3v) is 3.93. The molecule has 0 atom stereocenters. The second-order valence-corrected chi connectivity index (χ2v) is 5.29. The van der Waals surface area contributed by atoms with Gasteiger partial charge in [-0.3, -0.25) is 0 Å². The molecule has 1 aliphatic rings. The van der Waals surface area contributed by atoms with Crippen molar-refractivity contribution >= 4 is 11.8 Å². The summed E-state index contributed by atoms with van der Waals surface area (Å²) in [6.45, 7) is 5.02. The Bertz CT molecular complexity index is 322. The maximum absolute atomic E-state index is 5.49. The molecule has 1 saturated heterocycles. The van der Waals surface area contributed by atoms with Gasteiger partial charge in [-0.15, -0.1) is 5.10 Å². The van der Waals surface area contributed by atoms with E-state index < -0.39 is 0 Å². The lowest BCUT2D eigenvalue weighted by atomic mass is 10.4. The number of nitrogens with two attached hydrogens (primary N) is 1. The fourth-order valence-corrected chi connectivity index (χ4v) is 2.85. The van der Waals surface area contributed by atoms with Gasteiger partial charge in [0.05, 0.1) is 6.54 Å².